The first-order valence-corrected chi connectivity index (χ1v) is 8.42. The van der Waals surface area contributed by atoms with Crippen molar-refractivity contribution in [1.29, 1.82) is 0 Å². The van der Waals surface area contributed by atoms with E-state index in [0.29, 0.717) is 16.6 Å². The summed E-state index contributed by atoms with van der Waals surface area (Å²) in [5.41, 5.74) is 0.949. The van der Waals surface area contributed by atoms with Crippen LogP contribution in [0, 0.1) is 0 Å². The molecule has 1 aromatic rings. The van der Waals surface area contributed by atoms with Crippen LogP contribution in [-0.2, 0) is 11.3 Å². The van der Waals surface area contributed by atoms with Crippen molar-refractivity contribution in [3.8, 4) is 0 Å². The molecule has 0 saturated heterocycles. The van der Waals surface area contributed by atoms with Crippen molar-refractivity contribution in [2.45, 2.75) is 38.3 Å². The molecular formula is C16H21Cl2N3O2. The number of halogens is 2. The summed E-state index contributed by atoms with van der Waals surface area (Å²) in [5.74, 6) is -0.331. The number of urea groups is 1. The maximum Gasteiger partial charge on any atom is 0.321 e. The molecule has 0 heterocycles. The van der Waals surface area contributed by atoms with E-state index in [2.05, 4.69) is 10.6 Å². The number of nitrogens with zero attached hydrogens (tertiary/aromatic N) is 1. The Bertz CT molecular complexity index is 574. The maximum atomic E-state index is 11.9. The summed E-state index contributed by atoms with van der Waals surface area (Å²) >= 11 is 11.8. The van der Waals surface area contributed by atoms with E-state index in [1.807, 2.05) is 6.07 Å². The Labute approximate surface area is 146 Å². The van der Waals surface area contributed by atoms with Crippen molar-refractivity contribution >= 4 is 35.1 Å². The quantitative estimate of drug-likeness (QED) is 0.850. The lowest BCUT2D eigenvalue weighted by molar-refractivity contribution is -0.121. The number of likely N-dealkylation sites (N-methyl/N-ethyl adjacent to an activating group) is 1. The number of nitrogens with one attached hydrogen (secondary N) is 2. The van der Waals surface area contributed by atoms with E-state index in [0.717, 1.165) is 31.2 Å². The van der Waals surface area contributed by atoms with Gasteiger partial charge in [0.15, 0.2) is 0 Å². The second kappa shape index (κ2) is 8.52. The van der Waals surface area contributed by atoms with Gasteiger partial charge < -0.3 is 5.32 Å². The zero-order valence-electron chi connectivity index (χ0n) is 13.1. The molecule has 1 saturated carbocycles. The van der Waals surface area contributed by atoms with E-state index in [1.54, 1.807) is 24.1 Å². The maximum absolute atomic E-state index is 11.9. The van der Waals surface area contributed by atoms with E-state index in [1.165, 1.54) is 0 Å². The van der Waals surface area contributed by atoms with Crippen LogP contribution in [0.25, 0.3) is 0 Å². The second-order valence-electron chi connectivity index (χ2n) is 5.92. The zero-order chi connectivity index (χ0) is 16.8. The van der Waals surface area contributed by atoms with Crippen LogP contribution in [0.2, 0.25) is 10.0 Å². The highest BCUT2D eigenvalue weighted by molar-refractivity contribution is 6.42. The van der Waals surface area contributed by atoms with E-state index in [9.17, 15) is 9.59 Å². The normalized spacial score (nSPS) is 15.0. The largest absolute Gasteiger partial charge is 0.335 e. The Morgan fingerprint density at radius 3 is 2.57 bits per heavy atom. The van der Waals surface area contributed by atoms with Gasteiger partial charge in [-0.05, 0) is 37.6 Å². The highest BCUT2D eigenvalue weighted by Gasteiger charge is 2.18. The molecule has 2 N–H and O–H groups in total. The van der Waals surface area contributed by atoms with Crippen molar-refractivity contribution in [2.24, 2.45) is 0 Å². The van der Waals surface area contributed by atoms with Gasteiger partial charge in [-0.3, -0.25) is 15.0 Å². The van der Waals surface area contributed by atoms with Crippen molar-refractivity contribution in [3.63, 3.8) is 0 Å². The zero-order valence-corrected chi connectivity index (χ0v) is 14.6. The Morgan fingerprint density at radius 2 is 1.91 bits per heavy atom. The number of rotatable bonds is 5. The number of hydrogen-bond acceptors (Lipinski definition) is 3. The summed E-state index contributed by atoms with van der Waals surface area (Å²) in [5, 5.41) is 6.17. The molecule has 0 aliphatic heterocycles. The summed E-state index contributed by atoms with van der Waals surface area (Å²) in [6.45, 7) is 0.660. The lowest BCUT2D eigenvalue weighted by atomic mass is 10.2. The number of imide groups is 1. The molecule has 3 amide bonds. The number of benzene rings is 1. The molecule has 0 spiro atoms. The summed E-state index contributed by atoms with van der Waals surface area (Å²) in [4.78, 5) is 25.4. The van der Waals surface area contributed by atoms with Crippen LogP contribution >= 0.6 is 23.2 Å². The molecule has 0 aromatic heterocycles. The fourth-order valence-electron chi connectivity index (χ4n) is 2.71. The molecule has 1 aliphatic rings. The predicted molar refractivity (Wildman–Crippen MR) is 91.7 cm³/mol. The van der Waals surface area contributed by atoms with Crippen molar-refractivity contribution in [3.05, 3.63) is 33.8 Å². The Hall–Kier alpha value is -1.30. The van der Waals surface area contributed by atoms with Gasteiger partial charge in [0.1, 0.15) is 0 Å². The Balaban J connectivity index is 1.75. The molecule has 0 atom stereocenters. The third-order valence-electron chi connectivity index (χ3n) is 3.79. The van der Waals surface area contributed by atoms with Crippen LogP contribution in [0.5, 0.6) is 0 Å². The van der Waals surface area contributed by atoms with Crippen LogP contribution in [0.1, 0.15) is 31.2 Å². The van der Waals surface area contributed by atoms with Gasteiger partial charge in [-0.2, -0.15) is 0 Å². The average Bonchev–Trinajstić information content (AvgIpc) is 2.95. The van der Waals surface area contributed by atoms with Crippen molar-refractivity contribution < 1.29 is 9.59 Å². The average molecular weight is 358 g/mol. The second-order valence-corrected chi connectivity index (χ2v) is 6.74. The fourth-order valence-corrected chi connectivity index (χ4v) is 3.03. The minimum absolute atomic E-state index is 0.123. The molecule has 0 unspecified atom stereocenters. The van der Waals surface area contributed by atoms with Gasteiger partial charge in [0.2, 0.25) is 5.91 Å². The molecule has 1 aromatic carbocycles. The topological polar surface area (TPSA) is 61.4 Å². The minimum Gasteiger partial charge on any atom is -0.335 e. The van der Waals surface area contributed by atoms with Gasteiger partial charge in [0.05, 0.1) is 16.6 Å². The number of hydrogen-bond donors (Lipinski definition) is 2. The smallest absolute Gasteiger partial charge is 0.321 e. The molecule has 23 heavy (non-hydrogen) atoms. The van der Waals surface area contributed by atoms with E-state index in [4.69, 9.17) is 23.2 Å². The third-order valence-corrected chi connectivity index (χ3v) is 4.53. The molecule has 126 valence electrons. The first-order chi connectivity index (χ1) is 10.9. The van der Waals surface area contributed by atoms with Gasteiger partial charge in [0, 0.05) is 12.6 Å². The first-order valence-electron chi connectivity index (χ1n) is 7.67. The third kappa shape index (κ3) is 6.01. The molecule has 7 heteroatoms. The summed E-state index contributed by atoms with van der Waals surface area (Å²) < 4.78 is 0. The molecule has 0 radical (unpaired) electrons. The molecule has 1 aliphatic carbocycles. The van der Waals surface area contributed by atoms with E-state index in [-0.39, 0.29) is 18.5 Å². The molecule has 0 bridgehead atoms. The summed E-state index contributed by atoms with van der Waals surface area (Å²) in [6, 6.07) is 5.13. The number of carbonyl (C=O) groups is 2. The van der Waals surface area contributed by atoms with E-state index >= 15 is 0 Å². The highest BCUT2D eigenvalue weighted by Crippen LogP contribution is 2.23. The summed E-state index contributed by atoms with van der Waals surface area (Å²) in [6.07, 6.45) is 4.23. The SMILES string of the molecule is CN(CC(=O)NC(=O)NC1CCCC1)Cc1ccc(Cl)c(Cl)c1. The van der Waals surface area contributed by atoms with Gasteiger partial charge in [-0.25, -0.2) is 4.79 Å². The summed E-state index contributed by atoms with van der Waals surface area (Å²) in [7, 11) is 1.80. The molecule has 5 nitrogen and oxygen atoms in total. The molecule has 2 rings (SSSR count). The van der Waals surface area contributed by atoms with Crippen LogP contribution < -0.4 is 10.6 Å². The fraction of sp³-hybridized carbons (Fsp3) is 0.500. The number of carbonyl (C=O) groups excluding carboxylic acids is 2. The van der Waals surface area contributed by atoms with Crippen LogP contribution in [0.15, 0.2) is 18.2 Å². The predicted octanol–water partition coefficient (Wildman–Crippen LogP) is 3.19. The Kier molecular flexibility index (Phi) is 6.69. The van der Waals surface area contributed by atoms with Gasteiger partial charge >= 0.3 is 6.03 Å². The highest BCUT2D eigenvalue weighted by atomic mass is 35.5. The lowest BCUT2D eigenvalue weighted by Crippen LogP contribution is -2.46. The van der Waals surface area contributed by atoms with Crippen LogP contribution in [0.4, 0.5) is 4.79 Å². The standard InChI is InChI=1S/C16H21Cl2N3O2/c1-21(9-11-6-7-13(17)14(18)8-11)10-15(22)20-16(23)19-12-4-2-3-5-12/h6-8,12H,2-5,9-10H2,1H3,(H2,19,20,22,23). The molecular weight excluding hydrogens is 337 g/mol. The van der Waals surface area contributed by atoms with E-state index < -0.39 is 6.03 Å². The van der Waals surface area contributed by atoms with Crippen LogP contribution in [-0.4, -0.2) is 36.5 Å². The van der Waals surface area contributed by atoms with Crippen LogP contribution in [0.3, 0.4) is 0 Å². The Morgan fingerprint density at radius 1 is 1.22 bits per heavy atom. The first kappa shape index (κ1) is 18.0. The van der Waals surface area contributed by atoms with Gasteiger partial charge in [-0.15, -0.1) is 0 Å². The van der Waals surface area contributed by atoms with Crippen molar-refractivity contribution in [1.82, 2.24) is 15.5 Å². The van der Waals surface area contributed by atoms with Crippen molar-refractivity contribution in [2.75, 3.05) is 13.6 Å². The monoisotopic (exact) mass is 357 g/mol. The lowest BCUT2D eigenvalue weighted by Gasteiger charge is -2.17. The minimum atomic E-state index is -0.412. The van der Waals surface area contributed by atoms with Gasteiger partial charge in [-0.1, -0.05) is 42.1 Å². The van der Waals surface area contributed by atoms with Gasteiger partial charge in [0.25, 0.3) is 0 Å². The number of amides is 3. The molecule has 1 fully saturated rings.